The Morgan fingerprint density at radius 2 is 2.20 bits per heavy atom. The van der Waals surface area contributed by atoms with E-state index < -0.39 is 0 Å². The van der Waals surface area contributed by atoms with E-state index in [0.29, 0.717) is 18.1 Å². The first-order chi connectivity index (χ1) is 12.2. The van der Waals surface area contributed by atoms with Crippen LogP contribution < -0.4 is 15.5 Å². The molecule has 1 fully saturated rings. The van der Waals surface area contributed by atoms with Crippen LogP contribution in [0.15, 0.2) is 23.6 Å². The maximum absolute atomic E-state index is 12.2. The van der Waals surface area contributed by atoms with Crippen LogP contribution in [-0.4, -0.2) is 23.3 Å². The predicted octanol–water partition coefficient (Wildman–Crippen LogP) is 1.73. The Hall–Kier alpha value is -2.25. The summed E-state index contributed by atoms with van der Waals surface area (Å²) in [5.41, 5.74) is 4.47. The third-order valence-corrected chi connectivity index (χ3v) is 5.49. The molecule has 1 saturated heterocycles. The summed E-state index contributed by atoms with van der Waals surface area (Å²) >= 11 is 1.43. The van der Waals surface area contributed by atoms with Gasteiger partial charge in [-0.25, -0.2) is 4.98 Å². The average molecular weight is 356 g/mol. The lowest BCUT2D eigenvalue weighted by Gasteiger charge is -2.10. The molecule has 130 valence electrons. The number of aromatic nitrogens is 1. The molecule has 7 heteroatoms. The Labute approximate surface area is 150 Å². The summed E-state index contributed by atoms with van der Waals surface area (Å²) in [5, 5.41) is 8.84. The fraction of sp³-hybridized carbons (Fsp3) is 0.389. The molecular formula is C18H20N4O2S. The smallest absolute Gasteiger partial charge is 0.228 e. The van der Waals surface area contributed by atoms with Gasteiger partial charge in [0.25, 0.3) is 0 Å². The molecule has 2 aromatic rings. The molecule has 0 saturated carbocycles. The van der Waals surface area contributed by atoms with E-state index in [4.69, 9.17) is 0 Å². The first-order valence-corrected chi connectivity index (χ1v) is 9.40. The van der Waals surface area contributed by atoms with Crippen molar-refractivity contribution in [2.75, 3.05) is 11.4 Å². The van der Waals surface area contributed by atoms with Crippen molar-refractivity contribution in [3.05, 3.63) is 46.0 Å². The number of carbonyl (C=O) groups is 2. The minimum absolute atomic E-state index is 0.0526. The minimum atomic E-state index is -0.0526. The number of rotatable bonds is 5. The van der Waals surface area contributed by atoms with Gasteiger partial charge < -0.3 is 10.6 Å². The van der Waals surface area contributed by atoms with Gasteiger partial charge in [-0.15, -0.1) is 11.3 Å². The molecular weight excluding hydrogens is 336 g/mol. The number of hydrogen-bond donors (Lipinski definition) is 2. The number of thiazole rings is 1. The lowest BCUT2D eigenvalue weighted by molar-refractivity contribution is -0.120. The van der Waals surface area contributed by atoms with E-state index >= 15 is 0 Å². The molecule has 2 aliphatic heterocycles. The van der Waals surface area contributed by atoms with Gasteiger partial charge in [-0.3, -0.25) is 14.5 Å². The number of fused-ring (bicyclic) bond motifs is 1. The van der Waals surface area contributed by atoms with Crippen molar-refractivity contribution in [2.24, 2.45) is 0 Å². The number of anilines is 1. The molecule has 4 rings (SSSR count). The van der Waals surface area contributed by atoms with E-state index in [0.717, 1.165) is 37.3 Å². The van der Waals surface area contributed by atoms with Crippen molar-refractivity contribution in [1.29, 1.82) is 0 Å². The number of amides is 2. The standard InChI is InChI=1S/C18H20N4O2S/c23-16(20-8-12-3-4-13-9-19-10-14(13)6-12)7-15-11-25-18(21-15)22-5-1-2-17(22)24/h3-4,6,11,19H,1-2,5,7-10H2,(H,20,23). The van der Waals surface area contributed by atoms with Crippen molar-refractivity contribution in [3.63, 3.8) is 0 Å². The summed E-state index contributed by atoms with van der Waals surface area (Å²) in [6.45, 7) is 3.07. The molecule has 0 aliphatic carbocycles. The lowest BCUT2D eigenvalue weighted by atomic mass is 10.1. The molecule has 0 bridgehead atoms. The number of carbonyl (C=O) groups excluding carboxylic acids is 2. The Morgan fingerprint density at radius 1 is 1.32 bits per heavy atom. The van der Waals surface area contributed by atoms with Crippen molar-refractivity contribution in [1.82, 2.24) is 15.6 Å². The summed E-state index contributed by atoms with van der Waals surface area (Å²) in [6.07, 6.45) is 1.71. The van der Waals surface area contributed by atoms with Crippen molar-refractivity contribution < 1.29 is 9.59 Å². The van der Waals surface area contributed by atoms with Crippen LogP contribution in [0.2, 0.25) is 0 Å². The highest BCUT2D eigenvalue weighted by molar-refractivity contribution is 7.14. The van der Waals surface area contributed by atoms with Crippen LogP contribution in [0.3, 0.4) is 0 Å². The van der Waals surface area contributed by atoms with Gasteiger partial charge >= 0.3 is 0 Å². The molecule has 0 radical (unpaired) electrons. The average Bonchev–Trinajstić information content (AvgIpc) is 3.33. The van der Waals surface area contributed by atoms with Crippen LogP contribution >= 0.6 is 11.3 Å². The maximum atomic E-state index is 12.2. The van der Waals surface area contributed by atoms with Gasteiger partial charge in [-0.1, -0.05) is 18.2 Å². The van der Waals surface area contributed by atoms with Crippen LogP contribution in [0.4, 0.5) is 5.13 Å². The Balaban J connectivity index is 1.32. The topological polar surface area (TPSA) is 74.3 Å². The van der Waals surface area contributed by atoms with Crippen molar-refractivity contribution >= 4 is 28.3 Å². The summed E-state index contributed by atoms with van der Waals surface area (Å²) in [7, 11) is 0. The molecule has 1 aromatic carbocycles. The highest BCUT2D eigenvalue weighted by Gasteiger charge is 2.24. The maximum Gasteiger partial charge on any atom is 0.228 e. The summed E-state index contributed by atoms with van der Waals surface area (Å²) in [6, 6.07) is 6.33. The third-order valence-electron chi connectivity index (χ3n) is 4.58. The zero-order valence-corrected chi connectivity index (χ0v) is 14.7. The van der Waals surface area contributed by atoms with Crippen LogP contribution in [0.25, 0.3) is 0 Å². The van der Waals surface area contributed by atoms with Gasteiger partial charge in [0, 0.05) is 38.0 Å². The Morgan fingerprint density at radius 3 is 3.04 bits per heavy atom. The van der Waals surface area contributed by atoms with E-state index in [2.05, 4.69) is 33.8 Å². The van der Waals surface area contributed by atoms with E-state index in [1.54, 1.807) is 4.90 Å². The normalized spacial score (nSPS) is 16.3. The van der Waals surface area contributed by atoms with Crippen LogP contribution in [0.1, 0.15) is 35.2 Å². The summed E-state index contributed by atoms with van der Waals surface area (Å²) in [4.78, 5) is 30.1. The largest absolute Gasteiger partial charge is 0.352 e. The van der Waals surface area contributed by atoms with Gasteiger partial charge in [0.1, 0.15) is 0 Å². The molecule has 25 heavy (non-hydrogen) atoms. The van der Waals surface area contributed by atoms with Crippen molar-refractivity contribution in [3.8, 4) is 0 Å². The quantitative estimate of drug-likeness (QED) is 0.856. The molecule has 0 spiro atoms. The molecule has 0 unspecified atom stereocenters. The first kappa shape index (κ1) is 16.2. The third kappa shape index (κ3) is 3.57. The molecule has 1 aromatic heterocycles. The van der Waals surface area contributed by atoms with Crippen molar-refractivity contribution in [2.45, 2.75) is 38.9 Å². The second-order valence-electron chi connectivity index (χ2n) is 6.43. The first-order valence-electron chi connectivity index (χ1n) is 8.52. The fourth-order valence-electron chi connectivity index (χ4n) is 3.24. The molecule has 2 aliphatic rings. The molecule has 2 N–H and O–H groups in total. The highest BCUT2D eigenvalue weighted by atomic mass is 32.1. The lowest BCUT2D eigenvalue weighted by Crippen LogP contribution is -2.25. The van der Waals surface area contributed by atoms with Gasteiger partial charge in [0.05, 0.1) is 12.1 Å². The van der Waals surface area contributed by atoms with E-state index in [-0.39, 0.29) is 18.2 Å². The van der Waals surface area contributed by atoms with E-state index in [1.165, 1.54) is 22.5 Å². The fourth-order valence-corrected chi connectivity index (χ4v) is 4.11. The monoisotopic (exact) mass is 356 g/mol. The van der Waals surface area contributed by atoms with Gasteiger partial charge in [-0.2, -0.15) is 0 Å². The number of hydrogen-bond acceptors (Lipinski definition) is 5. The Bertz CT molecular complexity index is 817. The van der Waals surface area contributed by atoms with E-state index in [1.807, 2.05) is 5.38 Å². The zero-order valence-electron chi connectivity index (χ0n) is 13.9. The molecule has 3 heterocycles. The van der Waals surface area contributed by atoms with Gasteiger partial charge in [0.2, 0.25) is 11.8 Å². The molecule has 0 atom stereocenters. The second-order valence-corrected chi connectivity index (χ2v) is 7.27. The van der Waals surface area contributed by atoms with Crippen LogP contribution in [0, 0.1) is 0 Å². The van der Waals surface area contributed by atoms with E-state index in [9.17, 15) is 9.59 Å². The number of nitrogens with zero attached hydrogens (tertiary/aromatic N) is 2. The highest BCUT2D eigenvalue weighted by Crippen LogP contribution is 2.25. The number of nitrogens with one attached hydrogen (secondary N) is 2. The second kappa shape index (κ2) is 6.93. The SMILES string of the molecule is O=C(Cc1csc(N2CCCC2=O)n1)NCc1ccc2c(c1)CNC2. The minimum Gasteiger partial charge on any atom is -0.352 e. The number of benzene rings is 1. The Kier molecular flexibility index (Phi) is 4.50. The van der Waals surface area contributed by atoms with Crippen LogP contribution in [-0.2, 0) is 35.6 Å². The summed E-state index contributed by atoms with van der Waals surface area (Å²) < 4.78 is 0. The van der Waals surface area contributed by atoms with Gasteiger partial charge in [-0.05, 0) is 23.1 Å². The summed E-state index contributed by atoms with van der Waals surface area (Å²) in [5.74, 6) is 0.0691. The molecule has 2 amide bonds. The predicted molar refractivity (Wildman–Crippen MR) is 96.2 cm³/mol. The van der Waals surface area contributed by atoms with Crippen LogP contribution in [0.5, 0.6) is 0 Å². The molecule has 6 nitrogen and oxygen atoms in total. The zero-order chi connectivity index (χ0) is 17.2. The van der Waals surface area contributed by atoms with Gasteiger partial charge in [0.15, 0.2) is 5.13 Å².